The maximum atomic E-state index is 13.2. The summed E-state index contributed by atoms with van der Waals surface area (Å²) in [6.45, 7) is 11.5. The van der Waals surface area contributed by atoms with Gasteiger partial charge in [-0.1, -0.05) is 24.6 Å². The summed E-state index contributed by atoms with van der Waals surface area (Å²) in [6.07, 6.45) is 4.01. The van der Waals surface area contributed by atoms with Crippen LogP contribution < -0.4 is 24.8 Å². The van der Waals surface area contributed by atoms with E-state index in [0.717, 1.165) is 17.7 Å². The Kier molecular flexibility index (Phi) is 10.3. The number of methoxy groups -OCH3 is 1. The minimum absolute atomic E-state index is 0.117. The van der Waals surface area contributed by atoms with Crippen LogP contribution in [0.1, 0.15) is 46.6 Å². The van der Waals surface area contributed by atoms with Crippen molar-refractivity contribution in [3.63, 3.8) is 0 Å². The van der Waals surface area contributed by atoms with Gasteiger partial charge in [-0.05, 0) is 57.9 Å². The molecular formula is C33H39ClN6O4. The number of ether oxygens (including phenoxy) is 3. The van der Waals surface area contributed by atoms with Gasteiger partial charge in [-0.2, -0.15) is 5.26 Å². The molecule has 3 aromatic rings. The van der Waals surface area contributed by atoms with Crippen molar-refractivity contribution >= 4 is 45.7 Å². The summed E-state index contributed by atoms with van der Waals surface area (Å²) in [7, 11) is 3.24. The summed E-state index contributed by atoms with van der Waals surface area (Å²) in [5, 5.41) is 17.7. The van der Waals surface area contributed by atoms with Gasteiger partial charge in [0.2, 0.25) is 0 Å². The number of nitrogens with one attached hydrogen (secondary N) is 2. The number of nitriles is 1. The molecule has 1 aliphatic rings. The summed E-state index contributed by atoms with van der Waals surface area (Å²) in [5.74, 6) is 1.14. The summed E-state index contributed by atoms with van der Waals surface area (Å²) < 4.78 is 17.4. The molecule has 0 aliphatic carbocycles. The molecule has 1 aliphatic heterocycles. The van der Waals surface area contributed by atoms with Gasteiger partial charge in [-0.15, -0.1) is 0 Å². The number of rotatable bonds is 9. The molecule has 1 unspecified atom stereocenters. The largest absolute Gasteiger partial charge is 0.493 e. The Bertz CT molecular complexity index is 1650. The molecule has 44 heavy (non-hydrogen) atoms. The first-order chi connectivity index (χ1) is 21.0. The van der Waals surface area contributed by atoms with E-state index >= 15 is 0 Å². The first-order valence-electron chi connectivity index (χ1n) is 14.5. The van der Waals surface area contributed by atoms with Crippen molar-refractivity contribution in [3.8, 4) is 23.3 Å². The van der Waals surface area contributed by atoms with Crippen molar-refractivity contribution in [3.05, 3.63) is 58.8 Å². The van der Waals surface area contributed by atoms with Crippen LogP contribution in [0.25, 0.3) is 10.9 Å². The molecule has 0 saturated carbocycles. The number of pyridine rings is 1. The van der Waals surface area contributed by atoms with E-state index in [9.17, 15) is 10.1 Å². The molecule has 0 spiro atoms. The van der Waals surface area contributed by atoms with Gasteiger partial charge in [-0.25, -0.2) is 4.79 Å². The molecule has 4 rings (SSSR count). The average Bonchev–Trinajstić information content (AvgIpc) is 2.97. The molecule has 10 nitrogen and oxygen atoms in total. The van der Waals surface area contributed by atoms with Crippen LogP contribution in [0.2, 0.25) is 5.02 Å². The Labute approximate surface area is 263 Å². The van der Waals surface area contributed by atoms with Crippen LogP contribution in [0, 0.1) is 11.3 Å². The number of benzene rings is 2. The topological polar surface area (TPSA) is 121 Å². The minimum atomic E-state index is -0.473. The van der Waals surface area contributed by atoms with Crippen LogP contribution in [0.4, 0.5) is 16.2 Å². The molecular weight excluding hydrogens is 580 g/mol. The summed E-state index contributed by atoms with van der Waals surface area (Å²) in [6, 6.07) is 10.9. The normalized spacial score (nSPS) is 16.8. The van der Waals surface area contributed by atoms with E-state index in [4.69, 9.17) is 25.8 Å². The fourth-order valence-electron chi connectivity index (χ4n) is 5.34. The van der Waals surface area contributed by atoms with Gasteiger partial charge >= 0.3 is 6.09 Å². The Hall–Kier alpha value is -4.33. The molecule has 0 radical (unpaired) electrons. The van der Waals surface area contributed by atoms with Crippen molar-refractivity contribution in [2.45, 2.75) is 52.6 Å². The molecule has 2 aromatic carbocycles. The van der Waals surface area contributed by atoms with Gasteiger partial charge in [0.15, 0.2) is 11.5 Å². The minimum Gasteiger partial charge on any atom is -0.493 e. The lowest BCUT2D eigenvalue weighted by Gasteiger charge is -2.42. The van der Waals surface area contributed by atoms with Crippen LogP contribution in [-0.4, -0.2) is 67.1 Å². The molecule has 0 bridgehead atoms. The molecule has 2 heterocycles. The third-order valence-corrected chi connectivity index (χ3v) is 7.57. The number of fused-ring (bicyclic) bond motifs is 1. The number of allylic oxidation sites excluding steroid dienone is 1. The first kappa shape index (κ1) is 32.6. The van der Waals surface area contributed by atoms with E-state index in [1.807, 2.05) is 27.7 Å². The Balaban J connectivity index is 1.60. The van der Waals surface area contributed by atoms with Crippen LogP contribution >= 0.6 is 11.6 Å². The Morgan fingerprint density at radius 2 is 2.09 bits per heavy atom. The summed E-state index contributed by atoms with van der Waals surface area (Å²) in [5.41, 5.74) is 3.55. The number of halogens is 1. The number of anilines is 2. The fraction of sp³-hybridized carbons (Fsp3) is 0.394. The zero-order valence-electron chi connectivity index (χ0n) is 26.2. The van der Waals surface area contributed by atoms with E-state index in [0.29, 0.717) is 64.1 Å². The lowest BCUT2D eigenvalue weighted by atomic mass is 10.00. The van der Waals surface area contributed by atoms with Crippen LogP contribution in [0.5, 0.6) is 17.2 Å². The molecule has 1 fully saturated rings. The molecule has 1 amide bonds. The molecule has 232 valence electrons. The van der Waals surface area contributed by atoms with Crippen molar-refractivity contribution in [1.82, 2.24) is 15.2 Å². The number of aromatic nitrogens is 1. The van der Waals surface area contributed by atoms with Crippen molar-refractivity contribution in [2.24, 2.45) is 4.99 Å². The number of carbonyl (C=O) groups is 1. The van der Waals surface area contributed by atoms with E-state index in [1.165, 1.54) is 13.3 Å². The van der Waals surface area contributed by atoms with Gasteiger partial charge in [0, 0.05) is 55.4 Å². The quantitative estimate of drug-likeness (QED) is 0.249. The van der Waals surface area contributed by atoms with E-state index in [1.54, 1.807) is 42.3 Å². The predicted molar refractivity (Wildman–Crippen MR) is 175 cm³/mol. The standard InChI is InChI=1S/C33H39ClN6O4/c1-8-9-20(2)28(36-6)18-43-23-10-11-26(25(34)12-23)38-31-22(15-35)16-37-27-14-30(29(42-7)13-24(27)31)44-32(41)40-17-21(3)39-33(4,5)19-40/h9-14,16,21,39H,8,17-19H2,1-7H3,(H,37,38)/b20-9-,36-28?. The highest BCUT2D eigenvalue weighted by Gasteiger charge is 2.33. The molecule has 1 atom stereocenters. The van der Waals surface area contributed by atoms with Gasteiger partial charge in [0.05, 0.1) is 40.3 Å². The smallest absolute Gasteiger partial charge is 0.415 e. The first-order valence-corrected chi connectivity index (χ1v) is 14.8. The maximum absolute atomic E-state index is 13.2. The number of nitrogens with zero attached hydrogens (tertiary/aromatic N) is 4. The second-order valence-electron chi connectivity index (χ2n) is 11.4. The molecule has 2 N–H and O–H groups in total. The molecule has 1 saturated heterocycles. The third-order valence-electron chi connectivity index (χ3n) is 7.26. The van der Waals surface area contributed by atoms with Crippen LogP contribution in [-0.2, 0) is 0 Å². The zero-order chi connectivity index (χ0) is 32.0. The van der Waals surface area contributed by atoms with Gasteiger partial charge < -0.3 is 29.7 Å². The van der Waals surface area contributed by atoms with Crippen molar-refractivity contribution in [1.29, 1.82) is 5.26 Å². The van der Waals surface area contributed by atoms with E-state index < -0.39 is 6.09 Å². The Morgan fingerprint density at radius 3 is 2.73 bits per heavy atom. The van der Waals surface area contributed by atoms with Gasteiger partial charge in [0.1, 0.15) is 18.4 Å². The van der Waals surface area contributed by atoms with E-state index in [2.05, 4.69) is 39.7 Å². The third kappa shape index (κ3) is 7.59. The van der Waals surface area contributed by atoms with Gasteiger partial charge in [0.25, 0.3) is 0 Å². The van der Waals surface area contributed by atoms with Crippen molar-refractivity contribution in [2.75, 3.05) is 39.2 Å². The van der Waals surface area contributed by atoms with Crippen LogP contribution in [0.15, 0.2) is 53.2 Å². The number of carbonyl (C=O) groups excluding carboxylic acids is 1. The average molecular weight is 619 g/mol. The highest BCUT2D eigenvalue weighted by Crippen LogP contribution is 2.39. The lowest BCUT2D eigenvalue weighted by Crippen LogP contribution is -2.62. The van der Waals surface area contributed by atoms with Gasteiger partial charge in [-0.3, -0.25) is 9.98 Å². The maximum Gasteiger partial charge on any atom is 0.415 e. The fourth-order valence-corrected chi connectivity index (χ4v) is 5.56. The van der Waals surface area contributed by atoms with Crippen molar-refractivity contribution < 1.29 is 19.0 Å². The second-order valence-corrected chi connectivity index (χ2v) is 11.8. The second kappa shape index (κ2) is 14.0. The van der Waals surface area contributed by atoms with Crippen LogP contribution in [0.3, 0.4) is 0 Å². The summed E-state index contributed by atoms with van der Waals surface area (Å²) in [4.78, 5) is 23.6. The molecule has 1 aromatic heterocycles. The monoisotopic (exact) mass is 618 g/mol. The number of aliphatic imine (C=N–C) groups is 1. The lowest BCUT2D eigenvalue weighted by molar-refractivity contribution is 0.102. The summed E-state index contributed by atoms with van der Waals surface area (Å²) >= 11 is 6.66. The molecule has 11 heteroatoms. The number of amides is 1. The predicted octanol–water partition coefficient (Wildman–Crippen LogP) is 6.89. The number of hydrogen-bond acceptors (Lipinski definition) is 9. The Morgan fingerprint density at radius 1 is 1.32 bits per heavy atom. The number of piperazine rings is 1. The highest BCUT2D eigenvalue weighted by molar-refractivity contribution is 6.33. The number of hydrogen-bond donors (Lipinski definition) is 2. The van der Waals surface area contributed by atoms with E-state index in [-0.39, 0.29) is 17.3 Å². The zero-order valence-corrected chi connectivity index (χ0v) is 27.0. The highest BCUT2D eigenvalue weighted by atomic mass is 35.5. The SMILES string of the molecule is CC/C=C(/C)C(COc1ccc(Nc2c(C#N)cnc3cc(OC(=O)N4CC(C)NC(C)(C)C4)c(OC)cc23)c(Cl)c1)=NC.